The Morgan fingerprint density at radius 3 is 1.88 bits per heavy atom. The number of rotatable bonds is 4. The number of aromatic amines is 1. The maximum absolute atomic E-state index is 5.24. The van der Waals surface area contributed by atoms with Crippen LogP contribution in [0.15, 0.2) is 152 Å². The van der Waals surface area contributed by atoms with E-state index in [2.05, 4.69) is 199 Å². The van der Waals surface area contributed by atoms with Crippen molar-refractivity contribution in [2.45, 2.75) is 77.0 Å². The summed E-state index contributed by atoms with van der Waals surface area (Å²) >= 11 is 0. The van der Waals surface area contributed by atoms with Crippen LogP contribution in [-0.2, 0) is 21.7 Å². The second-order valence-electron chi connectivity index (χ2n) is 18.9. The fraction of sp³-hybridized carbons (Fsp3) is 0.222. The Hall–Kier alpha value is -6.26. The van der Waals surface area contributed by atoms with Gasteiger partial charge in [0.05, 0.1) is 33.7 Å². The fourth-order valence-corrected chi connectivity index (χ4v) is 9.79. The highest BCUT2D eigenvalue weighted by atomic mass is 15.2. The summed E-state index contributed by atoms with van der Waals surface area (Å²) in [7, 11) is 0. The first-order valence-corrected chi connectivity index (χ1v) is 20.6. The van der Waals surface area contributed by atoms with Crippen molar-refractivity contribution < 1.29 is 0 Å². The third-order valence-electron chi connectivity index (χ3n) is 12.9. The van der Waals surface area contributed by atoms with Gasteiger partial charge in [0, 0.05) is 28.2 Å². The number of pyridine rings is 1. The van der Waals surface area contributed by atoms with Gasteiger partial charge in [-0.2, -0.15) is 5.10 Å². The highest BCUT2D eigenvalue weighted by molar-refractivity contribution is 5.95. The molecule has 10 rings (SSSR count). The average Bonchev–Trinajstić information content (AvgIpc) is 3.78. The van der Waals surface area contributed by atoms with E-state index >= 15 is 0 Å². The van der Waals surface area contributed by atoms with Crippen molar-refractivity contribution in [2.24, 2.45) is 0 Å². The Morgan fingerprint density at radius 2 is 1.19 bits per heavy atom. The van der Waals surface area contributed by atoms with Crippen LogP contribution < -0.4 is 4.90 Å². The molecule has 8 aromatic rings. The minimum Gasteiger partial charge on any atom is -0.310 e. The molecule has 3 heterocycles. The molecule has 0 saturated carbocycles. The minimum absolute atomic E-state index is 0.00485. The van der Waals surface area contributed by atoms with E-state index in [1.807, 2.05) is 18.3 Å². The summed E-state index contributed by atoms with van der Waals surface area (Å²) in [4.78, 5) is 7.72. The van der Waals surface area contributed by atoms with Gasteiger partial charge in [0.25, 0.3) is 0 Å². The van der Waals surface area contributed by atoms with Crippen LogP contribution in [0.25, 0.3) is 33.3 Å². The van der Waals surface area contributed by atoms with E-state index < -0.39 is 5.41 Å². The Morgan fingerprint density at radius 1 is 0.552 bits per heavy atom. The molecule has 0 spiro atoms. The van der Waals surface area contributed by atoms with Crippen LogP contribution >= 0.6 is 0 Å². The van der Waals surface area contributed by atoms with E-state index in [0.29, 0.717) is 0 Å². The monoisotopic (exact) mass is 754 g/mol. The number of H-pyrrole nitrogens is 1. The molecule has 2 aromatic heterocycles. The summed E-state index contributed by atoms with van der Waals surface area (Å²) in [5.74, 6) is 0. The fourth-order valence-electron chi connectivity index (χ4n) is 9.79. The average molecular weight is 755 g/mol. The highest BCUT2D eigenvalue weighted by Crippen LogP contribution is 2.59. The Balaban J connectivity index is 1.26. The smallest absolute Gasteiger partial charge is 0.1000 e. The van der Waals surface area contributed by atoms with Crippen LogP contribution in [0.2, 0.25) is 0 Å². The van der Waals surface area contributed by atoms with Crippen molar-refractivity contribution in [3.63, 3.8) is 0 Å². The lowest BCUT2D eigenvalue weighted by Crippen LogP contribution is -2.33. The van der Waals surface area contributed by atoms with E-state index in [-0.39, 0.29) is 16.2 Å². The Kier molecular flexibility index (Phi) is 7.86. The van der Waals surface area contributed by atoms with Crippen molar-refractivity contribution in [3.8, 4) is 22.4 Å². The second-order valence-corrected chi connectivity index (χ2v) is 18.9. The lowest BCUT2D eigenvalue weighted by molar-refractivity contribution is 0.589. The number of aromatic nitrogens is 3. The second kappa shape index (κ2) is 12.6. The van der Waals surface area contributed by atoms with Gasteiger partial charge in [0.15, 0.2) is 0 Å². The number of hydrogen-bond acceptors (Lipinski definition) is 3. The maximum Gasteiger partial charge on any atom is 0.1000 e. The molecule has 1 aliphatic carbocycles. The normalized spacial score (nSPS) is 15.1. The molecule has 2 aliphatic rings. The van der Waals surface area contributed by atoms with Crippen molar-refractivity contribution in [3.05, 3.63) is 196 Å². The van der Waals surface area contributed by atoms with Gasteiger partial charge >= 0.3 is 0 Å². The molecule has 0 atom stereocenters. The maximum atomic E-state index is 5.24. The molecule has 4 heteroatoms. The van der Waals surface area contributed by atoms with E-state index in [4.69, 9.17) is 10.1 Å². The van der Waals surface area contributed by atoms with Gasteiger partial charge in [-0.1, -0.05) is 159 Å². The first-order chi connectivity index (χ1) is 27.8. The van der Waals surface area contributed by atoms with E-state index in [9.17, 15) is 0 Å². The molecule has 0 saturated heterocycles. The predicted molar refractivity (Wildman–Crippen MR) is 241 cm³/mol. The number of fused-ring (bicyclic) bond motifs is 6. The van der Waals surface area contributed by atoms with Crippen molar-refractivity contribution in [1.29, 1.82) is 0 Å². The molecule has 0 unspecified atom stereocenters. The Bertz CT molecular complexity index is 2840. The molecule has 4 nitrogen and oxygen atoms in total. The minimum atomic E-state index is -0.656. The third kappa shape index (κ3) is 5.27. The lowest BCUT2D eigenvalue weighted by atomic mass is 9.67. The number of benzene rings is 6. The van der Waals surface area contributed by atoms with Crippen LogP contribution in [0.4, 0.5) is 17.1 Å². The summed E-state index contributed by atoms with van der Waals surface area (Å²) in [5, 5.41) is 9.18. The number of para-hydroxylation sites is 2. The highest BCUT2D eigenvalue weighted by Gasteiger charge is 2.49. The summed E-state index contributed by atoms with van der Waals surface area (Å²) in [6, 6.07) is 54.2. The number of nitrogens with one attached hydrogen (secondary N) is 1. The van der Waals surface area contributed by atoms with Crippen LogP contribution in [0, 0.1) is 0 Å². The molecular formula is C54H50N4. The zero-order valence-electron chi connectivity index (χ0n) is 34.8. The van der Waals surface area contributed by atoms with Gasteiger partial charge in [0.2, 0.25) is 0 Å². The molecular weight excluding hydrogens is 705 g/mol. The summed E-state index contributed by atoms with van der Waals surface area (Å²) in [5.41, 5.74) is 18.2. The van der Waals surface area contributed by atoms with Crippen molar-refractivity contribution in [2.75, 3.05) is 4.90 Å². The number of nitrogens with zero attached hydrogens (tertiary/aromatic N) is 3. The standard InChI is InChI=1S/C54H50N4/c1-51(2,3)35-23-26-42-40(31-35)41-32-36(52(4,5)6)24-27-43(41)54(42,49-22-13-14-29-55-49)37-25-28-45-48(33-37)58(47-21-12-10-19-44(47)53(45,7)8)38-17-15-16-34(30-38)50-39-18-9-11-20-46(39)56-57-50/h9-33H,1-8H3,(H,56,57). The predicted octanol–water partition coefficient (Wildman–Crippen LogP) is 13.7. The molecule has 0 bridgehead atoms. The molecule has 1 N–H and O–H groups in total. The first-order valence-electron chi connectivity index (χ1n) is 20.6. The number of anilines is 3. The van der Waals surface area contributed by atoms with Gasteiger partial charge in [0.1, 0.15) is 0 Å². The quantitative estimate of drug-likeness (QED) is 0.195. The van der Waals surface area contributed by atoms with Gasteiger partial charge < -0.3 is 4.90 Å². The number of hydrogen-bond donors (Lipinski definition) is 1. The van der Waals surface area contributed by atoms with Gasteiger partial charge in [-0.15, -0.1) is 0 Å². The lowest BCUT2D eigenvalue weighted by Gasteiger charge is -2.43. The molecule has 1 aliphatic heterocycles. The van der Waals surface area contributed by atoms with E-state index in [1.54, 1.807) is 0 Å². The van der Waals surface area contributed by atoms with Crippen LogP contribution in [0.5, 0.6) is 0 Å². The summed E-state index contributed by atoms with van der Waals surface area (Å²) in [6.45, 7) is 18.6. The van der Waals surface area contributed by atoms with E-state index in [1.165, 1.54) is 61.4 Å². The first kappa shape index (κ1) is 36.1. The molecule has 58 heavy (non-hydrogen) atoms. The largest absolute Gasteiger partial charge is 0.310 e. The summed E-state index contributed by atoms with van der Waals surface area (Å²) in [6.07, 6.45) is 1.95. The van der Waals surface area contributed by atoms with Crippen LogP contribution in [-0.4, -0.2) is 15.2 Å². The van der Waals surface area contributed by atoms with Gasteiger partial charge in [-0.25, -0.2) is 0 Å². The van der Waals surface area contributed by atoms with Crippen LogP contribution in [0.3, 0.4) is 0 Å². The zero-order valence-corrected chi connectivity index (χ0v) is 34.8. The topological polar surface area (TPSA) is 44.8 Å². The SMILES string of the molecule is CC(C)(C)c1ccc2c(c1)-c1cc(C(C)(C)C)ccc1C2(c1ccc2c(c1)N(c1cccc(-c3n[nH]c4ccccc34)c1)c1ccccc1C2(C)C)c1ccccn1. The third-order valence-corrected chi connectivity index (χ3v) is 12.9. The summed E-state index contributed by atoms with van der Waals surface area (Å²) < 4.78 is 0. The van der Waals surface area contributed by atoms with Gasteiger partial charge in [-0.05, 0) is 103 Å². The van der Waals surface area contributed by atoms with Crippen LogP contribution in [0.1, 0.15) is 100 Å². The molecule has 286 valence electrons. The van der Waals surface area contributed by atoms with Crippen molar-refractivity contribution in [1.82, 2.24) is 15.2 Å². The molecule has 6 aromatic carbocycles. The Labute approximate surface area is 342 Å². The zero-order chi connectivity index (χ0) is 40.2. The van der Waals surface area contributed by atoms with Crippen molar-refractivity contribution >= 4 is 28.0 Å². The molecule has 0 amide bonds. The van der Waals surface area contributed by atoms with E-state index in [0.717, 1.165) is 33.5 Å². The van der Waals surface area contributed by atoms with Gasteiger partial charge in [-0.3, -0.25) is 10.1 Å². The molecule has 0 radical (unpaired) electrons. The molecule has 0 fully saturated rings.